The van der Waals surface area contributed by atoms with E-state index in [-0.39, 0.29) is 69.8 Å². The minimum absolute atomic E-state index is 0.0369. The molecule has 0 fully saturated rings. The van der Waals surface area contributed by atoms with E-state index in [1.807, 2.05) is 0 Å². The molecule has 2 atom stereocenters. The van der Waals surface area contributed by atoms with Crippen molar-refractivity contribution in [1.82, 2.24) is 16.0 Å². The number of rotatable bonds is 25. The number of aliphatic carboxylic acids is 2. The van der Waals surface area contributed by atoms with E-state index in [1.54, 1.807) is 6.92 Å². The summed E-state index contributed by atoms with van der Waals surface area (Å²) in [5.74, 6) is -3.59. The first kappa shape index (κ1) is 35.1. The fourth-order valence-corrected chi connectivity index (χ4v) is 3.28. The maximum absolute atomic E-state index is 11.9. The van der Waals surface area contributed by atoms with Crippen molar-refractivity contribution in [2.75, 3.05) is 39.6 Å². The van der Waals surface area contributed by atoms with Crippen LogP contribution in [0.4, 0.5) is 0 Å². The summed E-state index contributed by atoms with van der Waals surface area (Å²) >= 11 is 0. The lowest BCUT2D eigenvalue weighted by Gasteiger charge is -2.15. The Morgan fingerprint density at radius 1 is 0.842 bits per heavy atom. The van der Waals surface area contributed by atoms with E-state index in [1.165, 1.54) is 0 Å². The van der Waals surface area contributed by atoms with E-state index in [0.29, 0.717) is 38.8 Å². The van der Waals surface area contributed by atoms with Crippen LogP contribution in [-0.4, -0.2) is 97.3 Å². The van der Waals surface area contributed by atoms with E-state index >= 15 is 0 Å². The Balaban J connectivity index is 3.77. The van der Waals surface area contributed by atoms with Gasteiger partial charge in [0, 0.05) is 39.1 Å². The number of amides is 2. The lowest BCUT2D eigenvalue weighted by molar-refractivity contribution is -0.142. The molecule has 0 saturated heterocycles. The second kappa shape index (κ2) is 22.1. The zero-order valence-electron chi connectivity index (χ0n) is 22.0. The molecule has 0 radical (unpaired) electrons. The van der Waals surface area contributed by atoms with Crippen LogP contribution < -0.4 is 21.7 Å². The number of carboxylic acid groups (broad SMARTS) is 2. The quantitative estimate of drug-likeness (QED) is 0.0476. The van der Waals surface area contributed by atoms with Gasteiger partial charge in [-0.15, -0.1) is 0 Å². The Morgan fingerprint density at radius 2 is 1.55 bits per heavy atom. The highest BCUT2D eigenvalue weighted by Crippen LogP contribution is 2.05. The van der Waals surface area contributed by atoms with Crippen molar-refractivity contribution in [2.24, 2.45) is 5.73 Å². The van der Waals surface area contributed by atoms with Gasteiger partial charge in [-0.25, -0.2) is 4.79 Å². The highest BCUT2D eigenvalue weighted by molar-refractivity contribution is 5.97. The molecule has 1 unspecified atom stereocenters. The molecule has 0 heterocycles. The molecule has 0 aliphatic heterocycles. The number of carbonyl (C=O) groups is 6. The number of nitrogens with two attached hydrogens (primary N) is 1. The molecule has 14 nitrogen and oxygen atoms in total. The van der Waals surface area contributed by atoms with Crippen molar-refractivity contribution in [3.8, 4) is 0 Å². The van der Waals surface area contributed by atoms with E-state index in [2.05, 4.69) is 16.0 Å². The van der Waals surface area contributed by atoms with Crippen LogP contribution in [0.25, 0.3) is 0 Å². The second-order valence-electron chi connectivity index (χ2n) is 8.50. The largest absolute Gasteiger partial charge is 0.481 e. The second-order valence-corrected chi connectivity index (χ2v) is 8.50. The van der Waals surface area contributed by atoms with E-state index < -0.39 is 36.2 Å². The summed E-state index contributed by atoms with van der Waals surface area (Å²) in [6.45, 7) is 2.65. The van der Waals surface area contributed by atoms with Crippen LogP contribution in [0, 0.1) is 0 Å². The van der Waals surface area contributed by atoms with Crippen molar-refractivity contribution >= 4 is 35.3 Å². The highest BCUT2D eigenvalue weighted by Gasteiger charge is 2.20. The third-order valence-electron chi connectivity index (χ3n) is 5.34. The van der Waals surface area contributed by atoms with Gasteiger partial charge in [0.25, 0.3) is 0 Å². The number of hydrogen-bond donors (Lipinski definition) is 6. The number of hydrogen-bond acceptors (Lipinski definition) is 10. The molecule has 0 spiro atoms. The molecule has 14 heteroatoms. The zero-order valence-corrected chi connectivity index (χ0v) is 22.0. The molecule has 0 aromatic heterocycles. The Bertz CT molecular complexity index is 762. The van der Waals surface area contributed by atoms with Crippen LogP contribution in [0.2, 0.25) is 0 Å². The summed E-state index contributed by atoms with van der Waals surface area (Å²) in [4.78, 5) is 68.7. The predicted molar refractivity (Wildman–Crippen MR) is 135 cm³/mol. The molecule has 0 aromatic carbocycles. The number of unbranched alkanes of at least 4 members (excludes halogenated alkanes) is 1. The summed E-state index contributed by atoms with van der Waals surface area (Å²) < 4.78 is 10.6. The van der Waals surface area contributed by atoms with Gasteiger partial charge in [-0.2, -0.15) is 0 Å². The van der Waals surface area contributed by atoms with E-state index in [4.69, 9.17) is 25.4 Å². The Labute approximate surface area is 222 Å². The first-order valence-corrected chi connectivity index (χ1v) is 12.7. The molecule has 2 amide bonds. The third-order valence-corrected chi connectivity index (χ3v) is 5.34. The van der Waals surface area contributed by atoms with Gasteiger partial charge in [0.1, 0.15) is 24.9 Å². The number of carboxylic acids is 2. The molecule has 0 bridgehead atoms. The number of ether oxygens (including phenoxy) is 2. The first-order valence-electron chi connectivity index (χ1n) is 12.7. The molecular weight excluding hydrogens is 504 g/mol. The fourth-order valence-electron chi connectivity index (χ4n) is 3.28. The molecule has 38 heavy (non-hydrogen) atoms. The predicted octanol–water partition coefficient (Wildman–Crippen LogP) is -0.667. The van der Waals surface area contributed by atoms with Gasteiger partial charge in [0.05, 0.1) is 19.3 Å². The number of Topliss-reactive ketones (excluding diaryl/α,β-unsaturated/α-hetero) is 2. The Hall–Kier alpha value is -2.94. The number of ketones is 2. The molecule has 0 saturated carbocycles. The molecule has 0 aliphatic rings. The topological polar surface area (TPSA) is 223 Å². The van der Waals surface area contributed by atoms with Gasteiger partial charge in [-0.05, 0) is 32.1 Å². The smallest absolute Gasteiger partial charge is 0.326 e. The van der Waals surface area contributed by atoms with Gasteiger partial charge in [-0.3, -0.25) is 29.3 Å². The highest BCUT2D eigenvalue weighted by atomic mass is 16.5. The molecule has 0 rings (SSSR count). The molecule has 0 aliphatic carbocycles. The van der Waals surface area contributed by atoms with Crippen LogP contribution in [-0.2, 0) is 38.2 Å². The summed E-state index contributed by atoms with van der Waals surface area (Å²) in [7, 11) is 0. The molecule has 218 valence electrons. The monoisotopic (exact) mass is 546 g/mol. The van der Waals surface area contributed by atoms with Crippen LogP contribution in [0.5, 0.6) is 0 Å². The standard InChI is InChI=1S/C24H42N4O10/c1-2-21(31)28-19(24(35)36)9-8-17(29)6-5-11-37-12-13-38-15-22(32)26-10-4-3-7-18(27-16-25)20(30)14-23(33)34/h18-19,27H,2-16,25H2,1H3,(H,26,32)(H,28,31)(H,33,34)(H,35,36)/t18-,19?/m0/s1. The van der Waals surface area contributed by atoms with Crippen molar-refractivity contribution in [1.29, 1.82) is 0 Å². The van der Waals surface area contributed by atoms with E-state index in [0.717, 1.165) is 0 Å². The van der Waals surface area contributed by atoms with Gasteiger partial charge in [-0.1, -0.05) is 6.92 Å². The van der Waals surface area contributed by atoms with Gasteiger partial charge in [0.15, 0.2) is 5.78 Å². The summed E-state index contributed by atoms with van der Waals surface area (Å²) in [6, 6.07) is -1.71. The van der Waals surface area contributed by atoms with Crippen molar-refractivity contribution in [3.05, 3.63) is 0 Å². The fraction of sp³-hybridized carbons (Fsp3) is 0.750. The van der Waals surface area contributed by atoms with Gasteiger partial charge < -0.3 is 36.1 Å². The van der Waals surface area contributed by atoms with Crippen molar-refractivity contribution in [3.63, 3.8) is 0 Å². The summed E-state index contributed by atoms with van der Waals surface area (Å²) in [5, 5.41) is 25.6. The number of nitrogens with one attached hydrogen (secondary N) is 3. The molecular formula is C24H42N4O10. The summed E-state index contributed by atoms with van der Waals surface area (Å²) in [5.41, 5.74) is 5.39. The van der Waals surface area contributed by atoms with E-state index in [9.17, 15) is 28.8 Å². The molecule has 0 aromatic rings. The van der Waals surface area contributed by atoms with Crippen LogP contribution >= 0.6 is 0 Å². The maximum atomic E-state index is 11.9. The summed E-state index contributed by atoms with van der Waals surface area (Å²) in [6.07, 6.45) is 1.98. The number of carbonyl (C=O) groups excluding carboxylic acids is 4. The maximum Gasteiger partial charge on any atom is 0.326 e. The van der Waals surface area contributed by atoms with Crippen molar-refractivity contribution < 1.29 is 48.5 Å². The zero-order chi connectivity index (χ0) is 28.8. The Kier molecular flexibility index (Phi) is 20.4. The van der Waals surface area contributed by atoms with Gasteiger partial charge in [0.2, 0.25) is 11.8 Å². The SMILES string of the molecule is CCC(=O)NC(CCC(=O)CCCOCCOCC(=O)NCCCC[C@H](NCN)C(=O)CC(=O)O)C(=O)O. The van der Waals surface area contributed by atoms with Crippen LogP contribution in [0.1, 0.15) is 64.7 Å². The third kappa shape index (κ3) is 19.2. The Morgan fingerprint density at radius 3 is 2.18 bits per heavy atom. The average Bonchev–Trinajstić information content (AvgIpc) is 2.86. The van der Waals surface area contributed by atoms with Crippen LogP contribution in [0.3, 0.4) is 0 Å². The lowest BCUT2D eigenvalue weighted by Crippen LogP contribution is -2.41. The first-order chi connectivity index (χ1) is 18.1. The van der Waals surface area contributed by atoms with Crippen molar-refractivity contribution in [2.45, 2.75) is 76.8 Å². The average molecular weight is 547 g/mol. The van der Waals surface area contributed by atoms with Gasteiger partial charge >= 0.3 is 11.9 Å². The lowest BCUT2D eigenvalue weighted by atomic mass is 10.0. The normalized spacial score (nSPS) is 12.4. The van der Waals surface area contributed by atoms with Crippen LogP contribution in [0.15, 0.2) is 0 Å². The molecule has 7 N–H and O–H groups in total. The minimum atomic E-state index is -1.19. The minimum Gasteiger partial charge on any atom is -0.481 e.